The molecule has 0 saturated carbocycles. The van der Waals surface area contributed by atoms with Gasteiger partial charge in [0.15, 0.2) is 0 Å². The van der Waals surface area contributed by atoms with Crippen molar-refractivity contribution in [2.24, 2.45) is 0 Å². The van der Waals surface area contributed by atoms with Crippen LogP contribution < -0.4 is 24.8 Å². The molecule has 3 heteroatoms. The molecule has 0 amide bonds. The number of rotatable bonds is 1. The Morgan fingerprint density at radius 1 is 0.839 bits per heavy atom. The topological polar surface area (TPSA) is 0 Å². The van der Waals surface area contributed by atoms with Crippen LogP contribution in [0.25, 0.3) is 21.5 Å². The van der Waals surface area contributed by atoms with Gasteiger partial charge in [0.25, 0.3) is 0 Å². The van der Waals surface area contributed by atoms with Gasteiger partial charge in [0.1, 0.15) is 0 Å². The van der Waals surface area contributed by atoms with E-state index in [-0.39, 0.29) is 24.8 Å². The summed E-state index contributed by atoms with van der Waals surface area (Å²) in [6, 6.07) is 26.0. The second-order valence-corrected chi connectivity index (χ2v) is 8.49. The van der Waals surface area contributed by atoms with E-state index in [2.05, 4.69) is 120 Å². The smallest absolute Gasteiger partial charge is 0.0410 e. The molecule has 0 N–H and O–H groups in total. The van der Waals surface area contributed by atoms with Gasteiger partial charge in [0.2, 0.25) is 0 Å². The maximum absolute atomic E-state index is 2.99. The van der Waals surface area contributed by atoms with E-state index in [4.69, 9.17) is 0 Å². The summed E-state index contributed by atoms with van der Waals surface area (Å²) in [5, 5.41) is 5.46. The van der Waals surface area contributed by atoms with Crippen LogP contribution in [0.5, 0.6) is 0 Å². The summed E-state index contributed by atoms with van der Waals surface area (Å²) in [6.07, 6.45) is 10.0. The molecule has 0 nitrogen and oxygen atoms in total. The summed E-state index contributed by atoms with van der Waals surface area (Å²) in [4.78, 5) is 0. The van der Waals surface area contributed by atoms with E-state index < -0.39 is 0 Å². The molecule has 4 aromatic carbocycles. The maximum atomic E-state index is 2.99. The maximum Gasteiger partial charge on any atom is -0.0410 e. The van der Waals surface area contributed by atoms with Crippen LogP contribution in [-0.2, 0) is 20.0 Å². The first-order valence-corrected chi connectivity index (χ1v) is 10.7. The van der Waals surface area contributed by atoms with Crippen molar-refractivity contribution in [1.82, 2.24) is 0 Å². The van der Waals surface area contributed by atoms with Crippen LogP contribution in [0.3, 0.4) is 0 Å². The Morgan fingerprint density at radius 2 is 1.39 bits per heavy atom. The van der Waals surface area contributed by atoms with Crippen molar-refractivity contribution >= 4 is 25.4 Å². The van der Waals surface area contributed by atoms with Gasteiger partial charge in [-0.2, -0.15) is 6.08 Å². The Hall–Kier alpha value is -1.83. The first kappa shape index (κ1) is 27.2. The number of benzene rings is 3. The van der Waals surface area contributed by atoms with Crippen LogP contribution in [0.4, 0.5) is 0 Å². The fourth-order valence-corrected chi connectivity index (χ4v) is 3.51. The second-order valence-electron chi connectivity index (χ2n) is 7.32. The number of halogens is 2. The first-order valence-electron chi connectivity index (χ1n) is 9.93. The van der Waals surface area contributed by atoms with E-state index in [0.717, 1.165) is 6.42 Å². The van der Waals surface area contributed by atoms with E-state index in [1.54, 1.807) is 0 Å². The minimum Gasteiger partial charge on any atom is -1.00 e. The van der Waals surface area contributed by atoms with Gasteiger partial charge >= 0.3 is 66.6 Å². The van der Waals surface area contributed by atoms with Crippen molar-refractivity contribution in [1.29, 1.82) is 0 Å². The molecule has 0 heterocycles. The molecule has 0 aliphatic heterocycles. The van der Waals surface area contributed by atoms with E-state index in [0.29, 0.717) is 0 Å². The summed E-state index contributed by atoms with van der Waals surface area (Å²) < 4.78 is 1.37. The van der Waals surface area contributed by atoms with Crippen molar-refractivity contribution in [3.8, 4) is 0 Å². The van der Waals surface area contributed by atoms with Crippen LogP contribution in [0, 0.1) is 19.9 Å². The van der Waals surface area contributed by atoms with Crippen molar-refractivity contribution in [3.63, 3.8) is 0 Å². The number of fused-ring (bicyclic) bond motifs is 3. The zero-order valence-electron chi connectivity index (χ0n) is 18.1. The Bertz CT molecular complexity index is 1100. The molecule has 31 heavy (non-hydrogen) atoms. The molecule has 1 aliphatic carbocycles. The second kappa shape index (κ2) is 13.6. The fraction of sp³-hybridized carbons (Fsp3) is 0.143. The SMILES string of the molecule is C[C](=[Ti+2])c1ccccc1.Cc1ccc2[cH-]c3ccc(C)cc3c2c1.[C-]1=CC=CC1.[Cl-].[Cl-]. The summed E-state index contributed by atoms with van der Waals surface area (Å²) in [5.41, 5.74) is 3.99. The molecule has 5 rings (SSSR count). The minimum absolute atomic E-state index is 0. The minimum atomic E-state index is 0. The summed E-state index contributed by atoms with van der Waals surface area (Å²) >= 11 is 2.12. The molecular formula is C28H26Cl2Ti-2. The van der Waals surface area contributed by atoms with Crippen LogP contribution in [0.15, 0.2) is 91.0 Å². The van der Waals surface area contributed by atoms with Gasteiger partial charge in [-0.05, 0) is 13.8 Å². The average molecular weight is 481 g/mol. The zero-order valence-corrected chi connectivity index (χ0v) is 21.2. The van der Waals surface area contributed by atoms with E-state index in [1.165, 1.54) is 42.0 Å². The van der Waals surface area contributed by atoms with Crippen molar-refractivity contribution in [2.75, 3.05) is 0 Å². The Balaban J connectivity index is 0.000000258. The molecule has 0 bridgehead atoms. The molecule has 0 saturated heterocycles. The van der Waals surface area contributed by atoms with Crippen LogP contribution in [0.2, 0.25) is 0 Å². The van der Waals surface area contributed by atoms with Gasteiger partial charge in [-0.25, -0.2) is 12.2 Å². The van der Waals surface area contributed by atoms with Crippen molar-refractivity contribution < 1.29 is 44.8 Å². The Labute approximate surface area is 210 Å². The summed E-state index contributed by atoms with van der Waals surface area (Å²) in [7, 11) is 0. The summed E-state index contributed by atoms with van der Waals surface area (Å²) in [5.74, 6) is 0. The third kappa shape index (κ3) is 7.98. The standard InChI is InChI=1S/C15H13.C8H8.C5H5.2ClH.Ti/c1-10-3-5-12-9-13-6-4-11(2)8-15(13)14(12)7-10;1-2-8-6-4-3-5-7-8;1-2-4-5-3-1;;;/h3-9H,1-2H3;3-7H,1H3;1-3H,4H2;2*1H;/q-1;;-1;;;+2/p-2. The molecule has 0 fully saturated rings. The molecule has 158 valence electrons. The first-order chi connectivity index (χ1) is 14.0. The van der Waals surface area contributed by atoms with Crippen molar-refractivity contribution in [3.05, 3.63) is 114 Å². The van der Waals surface area contributed by atoms with Gasteiger partial charge in [-0.15, -0.1) is 46.2 Å². The Morgan fingerprint density at radius 3 is 1.74 bits per heavy atom. The van der Waals surface area contributed by atoms with Crippen LogP contribution in [0.1, 0.15) is 30.0 Å². The molecule has 4 aromatic rings. The third-order valence-corrected chi connectivity index (χ3v) is 5.26. The molecule has 1 aliphatic rings. The van der Waals surface area contributed by atoms with E-state index in [1.807, 2.05) is 18.2 Å². The molecule has 0 aromatic heterocycles. The largest absolute Gasteiger partial charge is 1.00 e. The normalized spacial score (nSPS) is 11.0. The molecule has 0 atom stereocenters. The number of hydrogen-bond donors (Lipinski definition) is 0. The zero-order chi connectivity index (χ0) is 20.6. The van der Waals surface area contributed by atoms with Gasteiger partial charge in [-0.3, -0.25) is 6.08 Å². The molecule has 0 radical (unpaired) electrons. The van der Waals surface area contributed by atoms with E-state index >= 15 is 0 Å². The molecule has 0 unspecified atom stereocenters. The van der Waals surface area contributed by atoms with Gasteiger partial charge < -0.3 is 24.8 Å². The molecule has 0 spiro atoms. The van der Waals surface area contributed by atoms with Crippen LogP contribution >= 0.6 is 0 Å². The third-order valence-electron chi connectivity index (χ3n) is 4.81. The predicted octanol–water partition coefficient (Wildman–Crippen LogP) is 1.42. The van der Waals surface area contributed by atoms with Gasteiger partial charge in [0.05, 0.1) is 0 Å². The predicted molar refractivity (Wildman–Crippen MR) is 124 cm³/mol. The quantitative estimate of drug-likeness (QED) is 0.285. The van der Waals surface area contributed by atoms with Gasteiger partial charge in [0, 0.05) is 0 Å². The van der Waals surface area contributed by atoms with E-state index in [9.17, 15) is 0 Å². The monoisotopic (exact) mass is 480 g/mol. The average Bonchev–Trinajstić information content (AvgIpc) is 3.41. The van der Waals surface area contributed by atoms with Crippen LogP contribution in [-0.4, -0.2) is 3.81 Å². The Kier molecular flexibility index (Phi) is 11.9. The molecular weight excluding hydrogens is 455 g/mol. The number of allylic oxidation sites excluding steroid dienone is 4. The number of aryl methyl sites for hydroxylation is 2. The summed E-state index contributed by atoms with van der Waals surface area (Å²) in [6.45, 7) is 6.41. The van der Waals surface area contributed by atoms with Crippen molar-refractivity contribution in [2.45, 2.75) is 27.2 Å². The fourth-order valence-electron chi connectivity index (χ4n) is 3.25. The number of hydrogen-bond acceptors (Lipinski definition) is 0. The van der Waals surface area contributed by atoms with Gasteiger partial charge in [-0.1, -0.05) is 35.4 Å².